The maximum atomic E-state index is 12.3. The fraction of sp³-hybridized carbons (Fsp3) is 0.346. The third kappa shape index (κ3) is 6.22. The molecule has 0 saturated carbocycles. The van der Waals surface area contributed by atoms with Crippen LogP contribution in [0.1, 0.15) is 43.7 Å². The smallest absolute Gasteiger partial charge is 0.419 e. The van der Waals surface area contributed by atoms with Gasteiger partial charge in [-0.05, 0) is 37.5 Å². The third-order valence-corrected chi connectivity index (χ3v) is 5.24. The molecular formula is C26H32N4O3. The number of oxazole rings is 1. The average molecular weight is 449 g/mol. The molecule has 0 bridgehead atoms. The minimum atomic E-state index is -0.361. The molecule has 33 heavy (non-hydrogen) atoms. The first kappa shape index (κ1) is 24.0. The zero-order valence-electron chi connectivity index (χ0n) is 20.0. The molecule has 2 aromatic heterocycles. The lowest BCUT2D eigenvalue weighted by molar-refractivity contribution is 0.307. The Balaban J connectivity index is 1.74. The quantitative estimate of drug-likeness (QED) is 0.439. The van der Waals surface area contributed by atoms with E-state index in [1.807, 2.05) is 69.3 Å². The number of aromatic nitrogens is 3. The van der Waals surface area contributed by atoms with E-state index >= 15 is 0 Å². The zero-order valence-corrected chi connectivity index (χ0v) is 20.0. The third-order valence-electron chi connectivity index (χ3n) is 5.24. The first-order valence-electron chi connectivity index (χ1n) is 11.2. The van der Waals surface area contributed by atoms with Gasteiger partial charge in [-0.25, -0.2) is 14.8 Å². The van der Waals surface area contributed by atoms with Crippen LogP contribution in [-0.4, -0.2) is 40.1 Å². The summed E-state index contributed by atoms with van der Waals surface area (Å²) in [5.74, 6) is 1.46. The maximum absolute atomic E-state index is 12.3. The Bertz CT molecular complexity index is 1170. The summed E-state index contributed by atoms with van der Waals surface area (Å²) in [5, 5.41) is 0. The van der Waals surface area contributed by atoms with Crippen LogP contribution in [0.4, 0.5) is 0 Å². The Morgan fingerprint density at radius 1 is 1.18 bits per heavy atom. The number of nitrogens with zero attached hydrogens (tertiary/aromatic N) is 4. The van der Waals surface area contributed by atoms with Gasteiger partial charge in [-0.15, -0.1) is 0 Å². The highest BCUT2D eigenvalue weighted by Gasteiger charge is 2.12. The molecule has 7 heteroatoms. The molecule has 3 rings (SSSR count). The van der Waals surface area contributed by atoms with Crippen molar-refractivity contribution in [2.24, 2.45) is 0 Å². The van der Waals surface area contributed by atoms with Gasteiger partial charge in [-0.2, -0.15) is 0 Å². The summed E-state index contributed by atoms with van der Waals surface area (Å²) < 4.78 is 12.9. The summed E-state index contributed by atoms with van der Waals surface area (Å²) >= 11 is 0. The molecule has 1 aromatic carbocycles. The summed E-state index contributed by atoms with van der Waals surface area (Å²) in [6.07, 6.45) is 11.2. The molecule has 0 fully saturated rings. The highest BCUT2D eigenvalue weighted by atomic mass is 16.5. The molecule has 0 spiro atoms. The summed E-state index contributed by atoms with van der Waals surface area (Å²) in [4.78, 5) is 23.3. The number of hydrogen-bond acceptors (Lipinski definition) is 6. The van der Waals surface area contributed by atoms with Crippen molar-refractivity contribution in [1.82, 2.24) is 19.4 Å². The lowest BCUT2D eigenvalue weighted by Crippen LogP contribution is -2.17. The largest absolute Gasteiger partial charge is 0.484 e. The minimum absolute atomic E-state index is 0.361. The number of benzene rings is 1. The molecule has 0 atom stereocenters. The lowest BCUT2D eigenvalue weighted by atomic mass is 10.1. The van der Waals surface area contributed by atoms with Crippen molar-refractivity contribution in [3.05, 3.63) is 82.1 Å². The minimum Gasteiger partial charge on any atom is -0.484 e. The molecular weight excluding hydrogens is 416 g/mol. The molecule has 0 amide bonds. The summed E-state index contributed by atoms with van der Waals surface area (Å²) in [6.45, 7) is 6.91. The van der Waals surface area contributed by atoms with E-state index in [9.17, 15) is 4.79 Å². The normalized spacial score (nSPS) is 11.8. The number of likely N-dealkylation sites (N-methyl/N-ethyl adjacent to an activating group) is 1. The van der Waals surface area contributed by atoms with Crippen LogP contribution in [0.2, 0.25) is 0 Å². The van der Waals surface area contributed by atoms with Crippen molar-refractivity contribution in [3.8, 4) is 17.1 Å². The highest BCUT2D eigenvalue weighted by Crippen LogP contribution is 2.20. The molecule has 3 aromatic rings. The van der Waals surface area contributed by atoms with E-state index in [1.165, 1.54) is 0 Å². The molecule has 0 unspecified atom stereocenters. The Kier molecular flexibility index (Phi) is 8.24. The number of allylic oxidation sites excluding steroid dienone is 2. The predicted molar refractivity (Wildman–Crippen MR) is 131 cm³/mol. The summed E-state index contributed by atoms with van der Waals surface area (Å²) in [5.41, 5.74) is 3.75. The van der Waals surface area contributed by atoms with Crippen molar-refractivity contribution in [2.75, 3.05) is 20.7 Å². The van der Waals surface area contributed by atoms with Crippen LogP contribution >= 0.6 is 0 Å². The van der Waals surface area contributed by atoms with Crippen molar-refractivity contribution in [2.45, 2.75) is 40.2 Å². The Hall–Kier alpha value is -3.61. The molecule has 174 valence electrons. The van der Waals surface area contributed by atoms with Crippen LogP contribution < -0.4 is 10.5 Å². The lowest BCUT2D eigenvalue weighted by Gasteiger charge is -2.17. The predicted octanol–water partition coefficient (Wildman–Crippen LogP) is 4.91. The van der Waals surface area contributed by atoms with E-state index in [0.29, 0.717) is 30.5 Å². The molecule has 0 aliphatic rings. The molecule has 7 nitrogen and oxygen atoms in total. The number of ether oxygens (including phenoxy) is 1. The van der Waals surface area contributed by atoms with Gasteiger partial charge in [-0.1, -0.05) is 44.2 Å². The van der Waals surface area contributed by atoms with Gasteiger partial charge >= 0.3 is 5.76 Å². The topological polar surface area (TPSA) is 73.4 Å². The fourth-order valence-electron chi connectivity index (χ4n) is 3.35. The first-order chi connectivity index (χ1) is 15.9. The van der Waals surface area contributed by atoms with Crippen molar-refractivity contribution in [1.29, 1.82) is 0 Å². The van der Waals surface area contributed by atoms with E-state index in [1.54, 1.807) is 17.0 Å². The SMILES string of the molecule is CC/C=C\c1oc(=O)n(Cc2cccc(-c3ncc(OC/C(=C\CC)N(C)C)cn3)c2)c1C. The van der Waals surface area contributed by atoms with Gasteiger partial charge in [-0.3, -0.25) is 4.57 Å². The second-order valence-electron chi connectivity index (χ2n) is 7.94. The van der Waals surface area contributed by atoms with Crippen molar-refractivity contribution in [3.63, 3.8) is 0 Å². The Labute approximate surface area is 195 Å². The maximum Gasteiger partial charge on any atom is 0.419 e. The molecule has 2 heterocycles. The molecule has 0 aliphatic carbocycles. The van der Waals surface area contributed by atoms with E-state index in [-0.39, 0.29) is 5.76 Å². The van der Waals surface area contributed by atoms with Crippen LogP contribution in [0, 0.1) is 6.92 Å². The molecule has 0 aliphatic heterocycles. The van der Waals surface area contributed by atoms with E-state index < -0.39 is 0 Å². The summed E-state index contributed by atoms with van der Waals surface area (Å²) in [7, 11) is 4.00. The second kappa shape index (κ2) is 11.3. The van der Waals surface area contributed by atoms with E-state index in [2.05, 4.69) is 23.0 Å². The average Bonchev–Trinajstić information content (AvgIpc) is 3.08. The molecule has 0 N–H and O–H groups in total. The van der Waals surface area contributed by atoms with Crippen molar-refractivity contribution >= 4 is 6.08 Å². The van der Waals surface area contributed by atoms with Crippen molar-refractivity contribution < 1.29 is 9.15 Å². The monoisotopic (exact) mass is 448 g/mol. The Morgan fingerprint density at radius 2 is 1.94 bits per heavy atom. The number of rotatable bonds is 10. The molecule has 0 saturated heterocycles. The van der Waals surface area contributed by atoms with Crippen LogP contribution in [0.3, 0.4) is 0 Å². The summed E-state index contributed by atoms with van der Waals surface area (Å²) in [6, 6.07) is 7.86. The van der Waals surface area contributed by atoms with Crippen LogP contribution in [0.15, 0.2) is 63.7 Å². The standard InChI is InChI=1S/C26H32N4O3/c1-6-8-13-24-19(3)30(26(31)33-24)17-20-11-9-12-21(14-20)25-27-15-23(16-28-25)32-18-22(10-7-2)29(4)5/h8-16H,6-7,17-18H2,1-5H3/b13-8-,22-10+. The van der Waals surface area contributed by atoms with Gasteiger partial charge in [0.25, 0.3) is 0 Å². The van der Waals surface area contributed by atoms with E-state index in [4.69, 9.17) is 9.15 Å². The molecule has 0 radical (unpaired) electrons. The first-order valence-corrected chi connectivity index (χ1v) is 11.2. The van der Waals surface area contributed by atoms with Crippen LogP contribution in [0.5, 0.6) is 5.75 Å². The van der Waals surface area contributed by atoms with Gasteiger partial charge in [0.15, 0.2) is 17.3 Å². The Morgan fingerprint density at radius 3 is 2.61 bits per heavy atom. The number of hydrogen-bond donors (Lipinski definition) is 0. The van der Waals surface area contributed by atoms with Gasteiger partial charge < -0.3 is 14.1 Å². The zero-order chi connectivity index (χ0) is 23.8. The highest BCUT2D eigenvalue weighted by molar-refractivity contribution is 5.56. The van der Waals surface area contributed by atoms with Crippen LogP contribution in [-0.2, 0) is 6.54 Å². The van der Waals surface area contributed by atoms with Crippen LogP contribution in [0.25, 0.3) is 17.5 Å². The van der Waals surface area contributed by atoms with E-state index in [0.717, 1.165) is 35.4 Å². The van der Waals surface area contributed by atoms with Gasteiger partial charge in [0.1, 0.15) is 6.61 Å². The van der Waals surface area contributed by atoms with Gasteiger partial charge in [0.2, 0.25) is 0 Å². The second-order valence-corrected chi connectivity index (χ2v) is 7.94. The van der Waals surface area contributed by atoms with Gasteiger partial charge in [0.05, 0.1) is 24.6 Å². The van der Waals surface area contributed by atoms with Gasteiger partial charge in [0, 0.05) is 25.4 Å². The fourth-order valence-corrected chi connectivity index (χ4v) is 3.35.